The fourth-order valence-electron chi connectivity index (χ4n) is 8.52. The van der Waals surface area contributed by atoms with Crippen molar-refractivity contribution < 1.29 is 109 Å². The molecule has 0 saturated heterocycles. The topological polar surface area (TPSA) is 278 Å². The summed E-state index contributed by atoms with van der Waals surface area (Å²) in [5.41, 5.74) is 1.78. The Morgan fingerprint density at radius 1 is 0.489 bits per heavy atom. The van der Waals surface area contributed by atoms with Crippen LogP contribution in [0.3, 0.4) is 0 Å². The van der Waals surface area contributed by atoms with Gasteiger partial charge in [-0.3, -0.25) is 33.7 Å². The molecule has 26 heteroatoms. The van der Waals surface area contributed by atoms with Gasteiger partial charge in [-0.2, -0.15) is 0 Å². The molecule has 1 aliphatic heterocycles. The maximum Gasteiger partial charge on any atom is 0.311 e. The van der Waals surface area contributed by atoms with Crippen molar-refractivity contribution in [2.24, 2.45) is 17.3 Å². The molecule has 0 aromatic heterocycles. The van der Waals surface area contributed by atoms with Gasteiger partial charge < -0.3 is 90.7 Å². The molecule has 1 aliphatic rings. The number of ether oxygens (including phenoxy) is 17. The molecule has 0 saturated carbocycles. The highest BCUT2D eigenvalue weighted by molar-refractivity contribution is 6.14. The van der Waals surface area contributed by atoms with Gasteiger partial charge in [-0.15, -0.1) is 0 Å². The van der Waals surface area contributed by atoms with E-state index in [1.54, 1.807) is 55.8 Å². The van der Waals surface area contributed by atoms with Gasteiger partial charge in [-0.25, -0.2) is 0 Å². The number of nitrogens with one attached hydrogen (secondary N) is 1. The molecule has 1 aromatic rings. The Labute approximate surface area is 547 Å². The predicted octanol–water partition coefficient (Wildman–Crippen LogP) is 3.70. The van der Waals surface area contributed by atoms with Crippen molar-refractivity contribution in [1.29, 1.82) is 0 Å². The number of hydrogen-bond donors (Lipinski definition) is 1. The molecule has 0 aliphatic carbocycles. The Bertz CT molecular complexity index is 2090. The molecule has 1 N–H and O–H groups in total. The second-order valence-electron chi connectivity index (χ2n) is 22.8. The fourth-order valence-corrected chi connectivity index (χ4v) is 8.52. The van der Waals surface area contributed by atoms with Crippen molar-refractivity contribution in [3.05, 3.63) is 47.0 Å². The monoisotopic (exact) mass is 1320 g/mol. The van der Waals surface area contributed by atoms with Gasteiger partial charge in [0.25, 0.3) is 11.8 Å². The van der Waals surface area contributed by atoms with Gasteiger partial charge in [0.05, 0.1) is 210 Å². The van der Waals surface area contributed by atoms with Crippen LogP contribution in [0.15, 0.2) is 30.4 Å². The van der Waals surface area contributed by atoms with Crippen molar-refractivity contribution >= 4 is 35.3 Å². The minimum atomic E-state index is -0.878. The van der Waals surface area contributed by atoms with Crippen LogP contribution in [-0.4, -0.2) is 290 Å². The molecular formula is C66H113N3O23. The average Bonchev–Trinajstić information content (AvgIpc) is 1.42. The van der Waals surface area contributed by atoms with E-state index < -0.39 is 47.4 Å². The van der Waals surface area contributed by atoms with Crippen LogP contribution in [0, 0.1) is 17.3 Å². The van der Waals surface area contributed by atoms with Crippen molar-refractivity contribution in [1.82, 2.24) is 15.1 Å². The molecule has 0 spiro atoms. The van der Waals surface area contributed by atoms with Gasteiger partial charge in [0.15, 0.2) is 11.6 Å². The highest BCUT2D eigenvalue weighted by atomic mass is 16.6. The van der Waals surface area contributed by atoms with Crippen LogP contribution in [0.1, 0.15) is 77.5 Å². The maximum atomic E-state index is 13.7. The lowest BCUT2D eigenvalue weighted by molar-refractivity contribution is -0.154. The molecule has 26 nitrogen and oxygen atoms in total. The molecule has 530 valence electrons. The highest BCUT2D eigenvalue weighted by Gasteiger charge is 2.31. The highest BCUT2D eigenvalue weighted by Crippen LogP contribution is 2.22. The Morgan fingerprint density at radius 2 is 0.870 bits per heavy atom. The molecule has 3 amide bonds. The second kappa shape index (κ2) is 55.9. The zero-order chi connectivity index (χ0) is 67.1. The number of nitrogens with zero attached hydrogens (tertiary/aromatic N) is 2. The van der Waals surface area contributed by atoms with Crippen LogP contribution in [0.25, 0.3) is 0 Å². The minimum absolute atomic E-state index is 0.0168. The Morgan fingerprint density at radius 3 is 1.26 bits per heavy atom. The van der Waals surface area contributed by atoms with E-state index in [-0.39, 0.29) is 37.1 Å². The summed E-state index contributed by atoms with van der Waals surface area (Å²) in [5, 5.41) is 2.80. The number of methoxy groups -OCH3 is 2. The molecule has 2 rings (SSSR count). The van der Waals surface area contributed by atoms with Crippen molar-refractivity contribution in [3.63, 3.8) is 0 Å². The van der Waals surface area contributed by atoms with E-state index in [1.807, 2.05) is 18.2 Å². The van der Waals surface area contributed by atoms with E-state index in [9.17, 15) is 28.8 Å². The van der Waals surface area contributed by atoms with Crippen molar-refractivity contribution in [3.8, 4) is 0 Å². The predicted molar refractivity (Wildman–Crippen MR) is 340 cm³/mol. The quantitative estimate of drug-likeness (QED) is 0.0553. The number of carbonyl (C=O) groups is 6. The first-order chi connectivity index (χ1) is 44.6. The summed E-state index contributed by atoms with van der Waals surface area (Å²) in [6, 6.07) is 4.80. The standard InChI is InChI=1S/C66H113N3O23/c1-54(2)60(51-59(70)52-69-62(72)14-15-63(69)73)64(74)67-55(3)61(71)50-56-12-13-58(53-92-65(75)66(4,5)6)57(49-56)11-9-16-68(18-20-79-26-28-83-34-36-87-42-44-91-48-46-89-40-38-85-32-30-81-24-22-77-8)17-10-19-78-25-27-82-33-35-86-41-43-90-47-45-88-39-37-84-31-29-80-23-21-76-7/h12-15,49,54-55,60H,9-11,16-48,50-53H2,1-8H3,(H,67,74)/t55-,60-/m0/s1. The van der Waals surface area contributed by atoms with Crippen LogP contribution in [-0.2, 0) is 129 Å². The van der Waals surface area contributed by atoms with E-state index in [4.69, 9.17) is 80.5 Å². The molecule has 0 fully saturated rings. The summed E-state index contributed by atoms with van der Waals surface area (Å²) in [6.07, 6.45) is 4.15. The lowest BCUT2D eigenvalue weighted by Gasteiger charge is -2.23. The van der Waals surface area contributed by atoms with E-state index in [0.29, 0.717) is 218 Å². The number of rotatable bonds is 65. The Hall–Kier alpha value is -4.30. The zero-order valence-corrected chi connectivity index (χ0v) is 56.7. The number of Topliss-reactive ketones (excluding diaryl/α,β-unsaturated/α-hetero) is 2. The first kappa shape index (κ1) is 83.8. The average molecular weight is 1320 g/mol. The summed E-state index contributed by atoms with van der Waals surface area (Å²) in [5.74, 6) is -3.69. The number of hydrogen-bond acceptors (Lipinski definition) is 24. The molecule has 0 bridgehead atoms. The first-order valence-corrected chi connectivity index (χ1v) is 32.5. The van der Waals surface area contributed by atoms with E-state index >= 15 is 0 Å². The third-order valence-electron chi connectivity index (χ3n) is 13.8. The second-order valence-corrected chi connectivity index (χ2v) is 22.8. The smallest absolute Gasteiger partial charge is 0.311 e. The number of aryl methyl sites for hydroxylation is 1. The SMILES string of the molecule is COCCOCCOCCOCCOCCOCCOCCOCCCN(CCCc1cc(CC(=O)[C@H](C)NC(=O)[C@@H](CC(=O)CN2C(=O)C=CC2=O)C(C)C)ccc1COC(=O)C(C)(C)C)CCOCCOCCOCCOCCOCCOCCOCCOC. The third-order valence-corrected chi connectivity index (χ3v) is 13.8. The van der Waals surface area contributed by atoms with Crippen LogP contribution >= 0.6 is 0 Å². The van der Waals surface area contributed by atoms with Crippen molar-refractivity contribution in [2.75, 3.05) is 239 Å². The molecule has 1 heterocycles. The van der Waals surface area contributed by atoms with Crippen LogP contribution < -0.4 is 5.32 Å². The molecule has 0 unspecified atom stereocenters. The van der Waals surface area contributed by atoms with Crippen molar-refractivity contribution in [2.45, 2.75) is 86.3 Å². The van der Waals surface area contributed by atoms with Crippen LogP contribution in [0.2, 0.25) is 0 Å². The van der Waals surface area contributed by atoms with Gasteiger partial charge >= 0.3 is 5.97 Å². The number of amides is 3. The van der Waals surface area contributed by atoms with Crippen LogP contribution in [0.5, 0.6) is 0 Å². The Kier molecular flexibility index (Phi) is 50.9. The summed E-state index contributed by atoms with van der Waals surface area (Å²) in [7, 11) is 3.27. The molecule has 2 atom stereocenters. The lowest BCUT2D eigenvalue weighted by atomic mass is 9.89. The van der Waals surface area contributed by atoms with E-state index in [1.165, 1.54) is 0 Å². The van der Waals surface area contributed by atoms with Gasteiger partial charge in [0.2, 0.25) is 5.91 Å². The van der Waals surface area contributed by atoms with E-state index in [0.717, 1.165) is 53.1 Å². The molecule has 92 heavy (non-hydrogen) atoms. The number of ketones is 2. The lowest BCUT2D eigenvalue weighted by Crippen LogP contribution is -2.45. The number of imide groups is 1. The molecular weight excluding hydrogens is 1200 g/mol. The Balaban J connectivity index is 1.87. The maximum absolute atomic E-state index is 13.7. The third kappa shape index (κ3) is 44.4. The van der Waals surface area contributed by atoms with Gasteiger partial charge in [-0.05, 0) is 76.1 Å². The van der Waals surface area contributed by atoms with Gasteiger partial charge in [0, 0.05) is 64.8 Å². The first-order valence-electron chi connectivity index (χ1n) is 32.5. The minimum Gasteiger partial charge on any atom is -0.460 e. The summed E-state index contributed by atoms with van der Waals surface area (Å²) in [4.78, 5) is 80.4. The molecule has 0 radical (unpaired) electrons. The van der Waals surface area contributed by atoms with Crippen LogP contribution in [0.4, 0.5) is 0 Å². The number of esters is 1. The largest absolute Gasteiger partial charge is 0.460 e. The fraction of sp³-hybridized carbons (Fsp3) is 0.788. The summed E-state index contributed by atoms with van der Waals surface area (Å²) < 4.78 is 94.1. The summed E-state index contributed by atoms with van der Waals surface area (Å²) >= 11 is 0. The van der Waals surface area contributed by atoms with E-state index in [2.05, 4.69) is 10.2 Å². The zero-order valence-electron chi connectivity index (χ0n) is 56.7. The summed E-state index contributed by atoms with van der Waals surface area (Å²) in [6.45, 7) is 26.7. The number of benzene rings is 1. The van der Waals surface area contributed by atoms with Gasteiger partial charge in [-0.1, -0.05) is 32.0 Å². The van der Waals surface area contributed by atoms with Gasteiger partial charge in [0.1, 0.15) is 6.61 Å². The molecule has 1 aromatic carbocycles. The normalized spacial score (nSPS) is 13.3. The number of carbonyl (C=O) groups excluding carboxylic acids is 6.